The first-order valence-corrected chi connectivity index (χ1v) is 8.12. The second-order valence-electron chi connectivity index (χ2n) is 4.24. The molecule has 1 aromatic carbocycles. The van der Waals surface area contributed by atoms with Crippen molar-refractivity contribution in [2.75, 3.05) is 27.8 Å². The van der Waals surface area contributed by atoms with Crippen molar-refractivity contribution in [3.05, 3.63) is 16.6 Å². The largest absolute Gasteiger partial charge is 0.496 e. The van der Waals surface area contributed by atoms with E-state index in [0.29, 0.717) is 10.2 Å². The predicted molar refractivity (Wildman–Crippen MR) is 88.0 cm³/mol. The van der Waals surface area contributed by atoms with Gasteiger partial charge in [-0.2, -0.15) is 4.31 Å². The fourth-order valence-corrected chi connectivity index (χ4v) is 3.58. The van der Waals surface area contributed by atoms with Gasteiger partial charge in [0.25, 0.3) is 0 Å². The molecule has 1 rings (SSSR count). The van der Waals surface area contributed by atoms with Crippen LogP contribution in [0.2, 0.25) is 0 Å². The number of hydrogen-bond acceptors (Lipinski definition) is 5. The van der Waals surface area contributed by atoms with E-state index < -0.39 is 10.0 Å². The zero-order chi connectivity index (χ0) is 15.5. The Morgan fingerprint density at radius 3 is 2.24 bits per heavy atom. The minimum atomic E-state index is -3.71. The summed E-state index contributed by atoms with van der Waals surface area (Å²) in [6, 6.07) is 2.67. The molecule has 0 aliphatic heterocycles. The molecule has 2 N–H and O–H groups in total. The molecule has 0 radical (unpaired) electrons. The van der Waals surface area contributed by atoms with Crippen LogP contribution in [0.4, 0.5) is 0 Å². The van der Waals surface area contributed by atoms with Gasteiger partial charge in [-0.3, -0.25) is 0 Å². The van der Waals surface area contributed by atoms with Crippen molar-refractivity contribution >= 4 is 38.4 Å². The fourth-order valence-electron chi connectivity index (χ4n) is 1.57. The summed E-state index contributed by atoms with van der Waals surface area (Å²) in [6.45, 7) is 1.96. The van der Waals surface area contributed by atoms with E-state index in [4.69, 9.17) is 15.2 Å². The average Bonchev–Trinajstić information content (AvgIpc) is 2.44. The topological polar surface area (TPSA) is 81.9 Å². The van der Waals surface area contributed by atoms with Gasteiger partial charge in [-0.05, 0) is 28.9 Å². The Bertz CT molecular complexity index is 583. The maximum atomic E-state index is 12.6. The Morgan fingerprint density at radius 1 is 1.29 bits per heavy atom. The molecule has 0 saturated carbocycles. The Hall–Kier alpha value is -0.540. The first-order chi connectivity index (χ1) is 9.29. The highest BCUT2D eigenvalue weighted by Crippen LogP contribution is 2.36. The number of nitrogens with zero attached hydrogens (tertiary/aromatic N) is 1. The maximum absolute atomic E-state index is 12.6. The van der Waals surface area contributed by atoms with Gasteiger partial charge in [-0.15, -0.1) is 12.4 Å². The molecule has 1 unspecified atom stereocenters. The van der Waals surface area contributed by atoms with Gasteiger partial charge in [0.2, 0.25) is 10.0 Å². The van der Waals surface area contributed by atoms with Gasteiger partial charge in [0.05, 0.1) is 18.7 Å². The van der Waals surface area contributed by atoms with Crippen LogP contribution in [0.25, 0.3) is 0 Å². The second kappa shape index (κ2) is 8.19. The molecular weight excluding hydrogens is 384 g/mol. The molecule has 1 atom stereocenters. The highest BCUT2D eigenvalue weighted by atomic mass is 79.9. The summed E-state index contributed by atoms with van der Waals surface area (Å²) in [7, 11) is 0.656. The highest BCUT2D eigenvalue weighted by molar-refractivity contribution is 9.10. The molecule has 0 saturated heterocycles. The van der Waals surface area contributed by atoms with E-state index in [9.17, 15) is 8.42 Å². The van der Waals surface area contributed by atoms with Crippen molar-refractivity contribution in [3.63, 3.8) is 0 Å². The first kappa shape index (κ1) is 20.5. The highest BCUT2D eigenvalue weighted by Gasteiger charge is 2.29. The average molecular weight is 404 g/mol. The van der Waals surface area contributed by atoms with Crippen LogP contribution in [-0.4, -0.2) is 46.6 Å². The Kier molecular flexibility index (Phi) is 7.98. The Morgan fingerprint density at radius 2 is 1.81 bits per heavy atom. The van der Waals surface area contributed by atoms with Crippen molar-refractivity contribution in [3.8, 4) is 11.5 Å². The van der Waals surface area contributed by atoms with Crippen LogP contribution < -0.4 is 15.2 Å². The van der Waals surface area contributed by atoms with Crippen LogP contribution in [0.5, 0.6) is 11.5 Å². The number of hydrogen-bond donors (Lipinski definition) is 1. The molecule has 9 heteroatoms. The van der Waals surface area contributed by atoms with E-state index in [0.717, 1.165) is 0 Å². The lowest BCUT2D eigenvalue weighted by atomic mass is 10.3. The molecule has 0 aromatic heterocycles. The summed E-state index contributed by atoms with van der Waals surface area (Å²) in [5, 5.41) is 0. The SMILES string of the molecule is COc1cc(S(=O)(=O)N(C)C(C)CN)c(OC)cc1Br.Cl. The van der Waals surface area contributed by atoms with Gasteiger partial charge >= 0.3 is 0 Å². The van der Waals surface area contributed by atoms with E-state index >= 15 is 0 Å². The van der Waals surface area contributed by atoms with Crippen molar-refractivity contribution in [2.24, 2.45) is 5.73 Å². The van der Waals surface area contributed by atoms with Gasteiger partial charge in [0.15, 0.2) is 0 Å². The summed E-state index contributed by atoms with van der Waals surface area (Å²) in [5.41, 5.74) is 5.53. The number of rotatable bonds is 6. The van der Waals surface area contributed by atoms with E-state index in [2.05, 4.69) is 15.9 Å². The van der Waals surface area contributed by atoms with Crippen molar-refractivity contribution in [1.82, 2.24) is 4.31 Å². The van der Waals surface area contributed by atoms with Crippen LogP contribution >= 0.6 is 28.3 Å². The summed E-state index contributed by atoms with van der Waals surface area (Å²) < 4.78 is 37.3. The number of halogens is 2. The van der Waals surface area contributed by atoms with Gasteiger partial charge in [0.1, 0.15) is 16.4 Å². The lowest BCUT2D eigenvalue weighted by Gasteiger charge is -2.24. The van der Waals surface area contributed by atoms with Crippen LogP contribution in [0, 0.1) is 0 Å². The summed E-state index contributed by atoms with van der Waals surface area (Å²) in [6.07, 6.45) is 0. The molecule has 6 nitrogen and oxygen atoms in total. The molecular formula is C12H20BrClN2O4S. The molecule has 0 spiro atoms. The fraction of sp³-hybridized carbons (Fsp3) is 0.500. The molecule has 0 bridgehead atoms. The van der Waals surface area contributed by atoms with E-state index in [-0.39, 0.29) is 35.6 Å². The molecule has 0 amide bonds. The van der Waals surface area contributed by atoms with E-state index in [1.807, 2.05) is 0 Å². The minimum absolute atomic E-state index is 0. The standard InChI is InChI=1S/C12H19BrN2O4S.ClH/c1-8(7-14)15(2)20(16,17)12-6-10(18-3)9(13)5-11(12)19-4;/h5-6,8H,7,14H2,1-4H3;1H. The zero-order valence-corrected chi connectivity index (χ0v) is 15.5. The second-order valence-corrected chi connectivity index (χ2v) is 7.06. The van der Waals surface area contributed by atoms with Crippen molar-refractivity contribution in [2.45, 2.75) is 17.9 Å². The lowest BCUT2D eigenvalue weighted by Crippen LogP contribution is -2.39. The van der Waals surface area contributed by atoms with E-state index in [1.54, 1.807) is 13.0 Å². The van der Waals surface area contributed by atoms with Gasteiger partial charge in [-0.25, -0.2) is 8.42 Å². The third kappa shape index (κ3) is 4.23. The first-order valence-electron chi connectivity index (χ1n) is 5.89. The third-order valence-electron chi connectivity index (χ3n) is 3.06. The Labute approximate surface area is 140 Å². The number of methoxy groups -OCH3 is 2. The normalized spacial score (nSPS) is 12.7. The molecule has 0 aliphatic carbocycles. The van der Waals surface area contributed by atoms with Crippen molar-refractivity contribution < 1.29 is 17.9 Å². The zero-order valence-electron chi connectivity index (χ0n) is 12.3. The maximum Gasteiger partial charge on any atom is 0.246 e. The van der Waals surface area contributed by atoms with Crippen molar-refractivity contribution in [1.29, 1.82) is 0 Å². The minimum Gasteiger partial charge on any atom is -0.496 e. The Balaban J connectivity index is 0.00000400. The number of nitrogens with two attached hydrogens (primary N) is 1. The van der Waals surface area contributed by atoms with E-state index in [1.165, 1.54) is 31.6 Å². The molecule has 0 fully saturated rings. The monoisotopic (exact) mass is 402 g/mol. The van der Waals surface area contributed by atoms with Crippen LogP contribution in [0.1, 0.15) is 6.92 Å². The summed E-state index contributed by atoms with van der Waals surface area (Å²) in [4.78, 5) is 0.0443. The molecule has 0 aliphatic rings. The number of sulfonamides is 1. The lowest BCUT2D eigenvalue weighted by molar-refractivity contribution is 0.374. The van der Waals surface area contributed by atoms with Gasteiger partial charge in [-0.1, -0.05) is 0 Å². The number of likely N-dealkylation sites (N-methyl/N-ethyl adjacent to an activating group) is 1. The summed E-state index contributed by atoms with van der Waals surface area (Å²) in [5.74, 6) is 0.659. The number of ether oxygens (including phenoxy) is 2. The molecule has 21 heavy (non-hydrogen) atoms. The quantitative estimate of drug-likeness (QED) is 0.784. The molecule has 1 aromatic rings. The summed E-state index contributed by atoms with van der Waals surface area (Å²) >= 11 is 3.30. The third-order valence-corrected chi connectivity index (χ3v) is 5.67. The van der Waals surface area contributed by atoms with Crippen LogP contribution in [-0.2, 0) is 10.0 Å². The smallest absolute Gasteiger partial charge is 0.246 e. The van der Waals surface area contributed by atoms with Gasteiger partial charge in [0, 0.05) is 25.7 Å². The predicted octanol–water partition coefficient (Wildman–Crippen LogP) is 1.86. The molecule has 122 valence electrons. The van der Waals surface area contributed by atoms with Crippen LogP contribution in [0.3, 0.4) is 0 Å². The molecule has 0 heterocycles. The number of benzene rings is 1. The van der Waals surface area contributed by atoms with Gasteiger partial charge < -0.3 is 15.2 Å². The van der Waals surface area contributed by atoms with Crippen LogP contribution in [0.15, 0.2) is 21.5 Å².